The number of halogens is 2. The van der Waals surface area contributed by atoms with Gasteiger partial charge < -0.3 is 9.47 Å². The first-order valence-corrected chi connectivity index (χ1v) is 9.76. The number of sulfone groups is 1. The molecular weight excluding hydrogens is 427 g/mol. The van der Waals surface area contributed by atoms with Crippen LogP contribution in [0.25, 0.3) is 0 Å². The molecule has 0 saturated carbocycles. The number of carbonyl (C=O) groups is 1. The number of rotatable bonds is 6. The molecule has 1 aromatic heterocycles. The maximum absolute atomic E-state index is 13.6. The Kier molecular flexibility index (Phi) is 8.08. The van der Waals surface area contributed by atoms with E-state index in [1.54, 1.807) is 0 Å². The number of methoxy groups -OCH3 is 1. The molecule has 0 aliphatic heterocycles. The van der Waals surface area contributed by atoms with Gasteiger partial charge in [-0.3, -0.25) is 0 Å². The van der Waals surface area contributed by atoms with E-state index in [4.69, 9.17) is 4.74 Å². The normalized spacial score (nSPS) is 10.8. The van der Waals surface area contributed by atoms with Gasteiger partial charge in [-0.05, 0) is 42.0 Å². The molecule has 10 heteroatoms. The summed E-state index contributed by atoms with van der Waals surface area (Å²) in [7, 11) is -2.93. The SMILES string of the molecule is COC(=O)c1cccnc1S(=O)(=O)c1ccc(COc2ccc(F)cc2F)cc1.[Na]. The molecule has 1 radical (unpaired) electrons. The molecule has 1 heterocycles. The van der Waals surface area contributed by atoms with Crippen molar-refractivity contribution in [2.24, 2.45) is 0 Å². The summed E-state index contributed by atoms with van der Waals surface area (Å²) in [5, 5.41) is -0.413. The van der Waals surface area contributed by atoms with Crippen LogP contribution in [0.15, 0.2) is 70.7 Å². The minimum absolute atomic E-state index is 0. The van der Waals surface area contributed by atoms with Gasteiger partial charge in [-0.15, -0.1) is 0 Å². The van der Waals surface area contributed by atoms with Crippen molar-refractivity contribution < 1.29 is 31.5 Å². The monoisotopic (exact) mass is 442 g/mol. The number of esters is 1. The van der Waals surface area contributed by atoms with Crippen molar-refractivity contribution in [2.75, 3.05) is 7.11 Å². The first-order valence-electron chi connectivity index (χ1n) is 8.28. The van der Waals surface area contributed by atoms with Crippen LogP contribution in [0.2, 0.25) is 0 Å². The minimum Gasteiger partial charge on any atom is -0.486 e. The first kappa shape index (κ1) is 23.9. The summed E-state index contributed by atoms with van der Waals surface area (Å²) in [5.74, 6) is -2.50. The third-order valence-electron chi connectivity index (χ3n) is 3.95. The van der Waals surface area contributed by atoms with E-state index in [0.717, 1.165) is 13.2 Å². The summed E-state index contributed by atoms with van der Waals surface area (Å²) in [6, 6.07) is 11.3. The van der Waals surface area contributed by atoms with Gasteiger partial charge in [0.05, 0.1) is 17.6 Å². The van der Waals surface area contributed by atoms with Crippen molar-refractivity contribution in [1.29, 1.82) is 0 Å². The molecule has 3 rings (SSSR count). The molecular formula is C20H15F2NNaO5S. The molecule has 0 N–H and O–H groups in total. The van der Waals surface area contributed by atoms with E-state index in [9.17, 15) is 22.0 Å². The van der Waals surface area contributed by atoms with Crippen molar-refractivity contribution in [1.82, 2.24) is 4.98 Å². The van der Waals surface area contributed by atoms with Gasteiger partial charge >= 0.3 is 5.97 Å². The Hall–Kier alpha value is -2.33. The maximum atomic E-state index is 13.6. The van der Waals surface area contributed by atoms with Crippen molar-refractivity contribution in [3.05, 3.63) is 83.6 Å². The molecule has 3 aromatic rings. The second kappa shape index (κ2) is 10.1. The first-order chi connectivity index (χ1) is 13.8. The molecule has 30 heavy (non-hydrogen) atoms. The van der Waals surface area contributed by atoms with E-state index in [2.05, 4.69) is 9.72 Å². The zero-order chi connectivity index (χ0) is 21.0. The maximum Gasteiger partial charge on any atom is 0.340 e. The number of hydrogen-bond acceptors (Lipinski definition) is 6. The molecule has 151 valence electrons. The zero-order valence-electron chi connectivity index (χ0n) is 16.1. The van der Waals surface area contributed by atoms with E-state index in [1.807, 2.05) is 0 Å². The molecule has 0 amide bonds. The molecule has 2 aromatic carbocycles. The summed E-state index contributed by atoms with van der Waals surface area (Å²) >= 11 is 0. The van der Waals surface area contributed by atoms with Crippen molar-refractivity contribution >= 4 is 45.4 Å². The van der Waals surface area contributed by atoms with Gasteiger partial charge in [-0.1, -0.05) is 12.1 Å². The quantitative estimate of drug-likeness (QED) is 0.431. The number of pyridine rings is 1. The van der Waals surface area contributed by atoms with Crippen LogP contribution in [-0.2, 0) is 21.2 Å². The second-order valence-corrected chi connectivity index (χ2v) is 7.72. The Morgan fingerprint density at radius 3 is 2.40 bits per heavy atom. The van der Waals surface area contributed by atoms with E-state index in [1.165, 1.54) is 48.7 Å². The Morgan fingerprint density at radius 2 is 1.77 bits per heavy atom. The number of ether oxygens (including phenoxy) is 2. The van der Waals surface area contributed by atoms with Crippen LogP contribution in [0.4, 0.5) is 8.78 Å². The number of aromatic nitrogens is 1. The molecule has 0 bridgehead atoms. The van der Waals surface area contributed by atoms with Gasteiger partial charge in [0.25, 0.3) is 0 Å². The van der Waals surface area contributed by atoms with Gasteiger partial charge in [-0.25, -0.2) is 27.0 Å². The van der Waals surface area contributed by atoms with Crippen LogP contribution in [0, 0.1) is 11.6 Å². The standard InChI is InChI=1S/C20H15F2NO5S.Na/c1-27-20(24)16-3-2-10-23-19(16)29(25,26)15-7-4-13(5-8-15)12-28-18-9-6-14(21)11-17(18)22;/h2-11H,12H2,1H3;. The van der Waals surface area contributed by atoms with E-state index < -0.39 is 32.5 Å². The Balaban J connectivity index is 0.00000320. The van der Waals surface area contributed by atoms with Gasteiger partial charge in [-0.2, -0.15) is 0 Å². The largest absolute Gasteiger partial charge is 0.486 e. The van der Waals surface area contributed by atoms with Crippen molar-refractivity contribution in [3.63, 3.8) is 0 Å². The summed E-state index contributed by atoms with van der Waals surface area (Å²) in [6.45, 7) is -0.0557. The van der Waals surface area contributed by atoms with Gasteiger partial charge in [0.15, 0.2) is 16.6 Å². The third kappa shape index (κ3) is 5.23. The van der Waals surface area contributed by atoms with Crippen LogP contribution >= 0.6 is 0 Å². The van der Waals surface area contributed by atoms with Gasteiger partial charge in [0.1, 0.15) is 12.4 Å². The molecule has 0 unspecified atom stereocenters. The number of hydrogen-bond donors (Lipinski definition) is 0. The number of carbonyl (C=O) groups excluding carboxylic acids is 1. The molecule has 0 saturated heterocycles. The van der Waals surface area contributed by atoms with Gasteiger partial charge in [0, 0.05) is 41.8 Å². The summed E-state index contributed by atoms with van der Waals surface area (Å²) in [5.41, 5.74) is 0.385. The Morgan fingerprint density at radius 1 is 1.07 bits per heavy atom. The molecule has 0 fully saturated rings. The number of benzene rings is 2. The second-order valence-electron chi connectivity index (χ2n) is 5.86. The molecule has 0 spiro atoms. The summed E-state index contributed by atoms with van der Waals surface area (Å²) < 4.78 is 62.1. The summed E-state index contributed by atoms with van der Waals surface area (Å²) in [6.07, 6.45) is 1.26. The molecule has 0 aliphatic carbocycles. The van der Waals surface area contributed by atoms with Crippen LogP contribution in [0.3, 0.4) is 0 Å². The fraction of sp³-hybridized carbons (Fsp3) is 0.100. The Labute approximate surface area is 194 Å². The minimum atomic E-state index is -4.07. The summed E-state index contributed by atoms with van der Waals surface area (Å²) in [4.78, 5) is 15.6. The van der Waals surface area contributed by atoms with Crippen LogP contribution in [-0.4, -0.2) is 56.0 Å². The van der Waals surface area contributed by atoms with Gasteiger partial charge in [0.2, 0.25) is 9.84 Å². The average molecular weight is 442 g/mol. The molecule has 0 aliphatic rings. The van der Waals surface area contributed by atoms with Crippen LogP contribution in [0.1, 0.15) is 15.9 Å². The smallest absolute Gasteiger partial charge is 0.340 e. The average Bonchev–Trinajstić information content (AvgIpc) is 2.73. The van der Waals surface area contributed by atoms with E-state index in [-0.39, 0.29) is 52.4 Å². The Bertz CT molecular complexity index is 1150. The topological polar surface area (TPSA) is 82.6 Å². The van der Waals surface area contributed by atoms with E-state index >= 15 is 0 Å². The third-order valence-corrected chi connectivity index (χ3v) is 5.68. The predicted octanol–water partition coefficient (Wildman–Crippen LogP) is 3.18. The fourth-order valence-electron chi connectivity index (χ4n) is 2.50. The molecule has 6 nitrogen and oxygen atoms in total. The van der Waals surface area contributed by atoms with Crippen LogP contribution < -0.4 is 4.74 Å². The van der Waals surface area contributed by atoms with Crippen molar-refractivity contribution in [3.8, 4) is 5.75 Å². The number of nitrogens with zero attached hydrogens (tertiary/aromatic N) is 1. The van der Waals surface area contributed by atoms with Crippen molar-refractivity contribution in [2.45, 2.75) is 16.5 Å². The molecule has 0 atom stereocenters. The van der Waals surface area contributed by atoms with E-state index in [0.29, 0.717) is 11.6 Å². The zero-order valence-corrected chi connectivity index (χ0v) is 18.9. The van der Waals surface area contributed by atoms with Crippen LogP contribution in [0.5, 0.6) is 5.75 Å². The predicted molar refractivity (Wildman–Crippen MR) is 104 cm³/mol. The fourth-order valence-corrected chi connectivity index (χ4v) is 3.86.